The van der Waals surface area contributed by atoms with Crippen LogP contribution in [-0.2, 0) is 11.3 Å². The van der Waals surface area contributed by atoms with E-state index < -0.39 is 30.6 Å². The van der Waals surface area contributed by atoms with Gasteiger partial charge in [0, 0.05) is 18.1 Å². The van der Waals surface area contributed by atoms with Crippen molar-refractivity contribution in [2.45, 2.75) is 56.5 Å². The molecule has 1 heterocycles. The summed E-state index contributed by atoms with van der Waals surface area (Å²) in [4.78, 5) is 1.78. The molecule has 0 aliphatic carbocycles. The molecular weight excluding hydrogens is 377 g/mol. The summed E-state index contributed by atoms with van der Waals surface area (Å²) in [5.41, 5.74) is 0.939. The van der Waals surface area contributed by atoms with Crippen LogP contribution >= 0.6 is 11.6 Å². The SMILES string of the molecule is O[C@H]1[C@H](O)[C@@H](O)CN(CCCC[C@@H](F)COCc2ccc(Cl)cc2)C[C@@H]1O. The number of halogens is 2. The topological polar surface area (TPSA) is 93.4 Å². The van der Waals surface area contributed by atoms with Gasteiger partial charge in [-0.25, -0.2) is 4.39 Å². The van der Waals surface area contributed by atoms with Crippen LogP contribution in [0.25, 0.3) is 0 Å². The highest BCUT2D eigenvalue weighted by atomic mass is 35.5. The Labute approximate surface area is 164 Å². The molecular formula is C19H29ClFNO5. The number of unbranched alkanes of at least 4 members (excludes halogenated alkanes) is 1. The molecule has 4 N–H and O–H groups in total. The molecule has 1 aromatic carbocycles. The maximum absolute atomic E-state index is 13.9. The van der Waals surface area contributed by atoms with E-state index in [4.69, 9.17) is 16.3 Å². The van der Waals surface area contributed by atoms with Crippen molar-refractivity contribution >= 4 is 11.6 Å². The number of ether oxygens (including phenoxy) is 1. The molecule has 0 amide bonds. The van der Waals surface area contributed by atoms with Gasteiger partial charge in [-0.05, 0) is 43.5 Å². The number of aliphatic hydroxyl groups is 4. The lowest BCUT2D eigenvalue weighted by molar-refractivity contribution is -0.0894. The fraction of sp³-hybridized carbons (Fsp3) is 0.684. The number of nitrogens with zero attached hydrogens (tertiary/aromatic N) is 1. The summed E-state index contributed by atoms with van der Waals surface area (Å²) in [5.74, 6) is 0. The lowest BCUT2D eigenvalue weighted by Crippen LogP contribution is -2.43. The largest absolute Gasteiger partial charge is 0.389 e. The van der Waals surface area contributed by atoms with Crippen LogP contribution in [0.15, 0.2) is 24.3 Å². The molecule has 8 heteroatoms. The number of hydrogen-bond donors (Lipinski definition) is 4. The first kappa shape index (κ1) is 22.5. The number of benzene rings is 1. The molecule has 1 saturated heterocycles. The second-order valence-corrected chi connectivity index (χ2v) is 7.55. The van der Waals surface area contributed by atoms with Gasteiger partial charge in [0.25, 0.3) is 0 Å². The third-order valence-electron chi connectivity index (χ3n) is 4.75. The number of hydrogen-bond acceptors (Lipinski definition) is 6. The number of aliphatic hydroxyl groups excluding tert-OH is 4. The monoisotopic (exact) mass is 405 g/mol. The molecule has 0 radical (unpaired) electrons. The molecule has 0 saturated carbocycles. The van der Waals surface area contributed by atoms with Gasteiger partial charge in [0.15, 0.2) is 0 Å². The first-order valence-electron chi connectivity index (χ1n) is 9.27. The van der Waals surface area contributed by atoms with Crippen molar-refractivity contribution in [2.24, 2.45) is 0 Å². The lowest BCUT2D eigenvalue weighted by atomic mass is 10.1. The molecule has 1 aliphatic heterocycles. The highest BCUT2D eigenvalue weighted by Crippen LogP contribution is 2.15. The summed E-state index contributed by atoms with van der Waals surface area (Å²) < 4.78 is 19.3. The Bertz CT molecular complexity index is 533. The summed E-state index contributed by atoms with van der Waals surface area (Å²) in [6, 6.07) is 7.21. The highest BCUT2D eigenvalue weighted by Gasteiger charge is 2.35. The van der Waals surface area contributed by atoms with E-state index in [1.165, 1.54) is 0 Å². The average Bonchev–Trinajstić information content (AvgIpc) is 2.73. The van der Waals surface area contributed by atoms with Crippen molar-refractivity contribution < 1.29 is 29.6 Å². The summed E-state index contributed by atoms with van der Waals surface area (Å²) in [5, 5.41) is 39.7. The van der Waals surface area contributed by atoms with Crippen molar-refractivity contribution in [1.29, 1.82) is 0 Å². The quantitative estimate of drug-likeness (QED) is 0.460. The number of alkyl halides is 1. The zero-order chi connectivity index (χ0) is 19.8. The van der Waals surface area contributed by atoms with E-state index in [1.54, 1.807) is 17.0 Å². The summed E-state index contributed by atoms with van der Waals surface area (Å²) in [7, 11) is 0. The lowest BCUT2D eigenvalue weighted by Gasteiger charge is -2.23. The minimum Gasteiger partial charge on any atom is -0.389 e. The van der Waals surface area contributed by atoms with Gasteiger partial charge < -0.3 is 25.2 Å². The third kappa shape index (κ3) is 7.62. The predicted molar refractivity (Wildman–Crippen MR) is 100 cm³/mol. The van der Waals surface area contributed by atoms with Crippen LogP contribution in [0.3, 0.4) is 0 Å². The van der Waals surface area contributed by atoms with Crippen molar-refractivity contribution in [2.75, 3.05) is 26.2 Å². The Morgan fingerprint density at radius 1 is 1.04 bits per heavy atom. The van der Waals surface area contributed by atoms with Crippen molar-refractivity contribution in [3.63, 3.8) is 0 Å². The molecule has 1 fully saturated rings. The van der Waals surface area contributed by atoms with Gasteiger partial charge >= 0.3 is 0 Å². The predicted octanol–water partition coefficient (Wildman–Crippen LogP) is 1.12. The Morgan fingerprint density at radius 2 is 1.63 bits per heavy atom. The number of β-amino-alcohol motifs (C(OH)–C–C–N with tert-alkyl or cyclic N) is 2. The second kappa shape index (κ2) is 11.3. The van der Waals surface area contributed by atoms with Gasteiger partial charge in [-0.15, -0.1) is 0 Å². The van der Waals surface area contributed by atoms with Crippen LogP contribution in [0.4, 0.5) is 4.39 Å². The minimum absolute atomic E-state index is 0.0299. The molecule has 0 aromatic heterocycles. The number of rotatable bonds is 9. The second-order valence-electron chi connectivity index (χ2n) is 7.11. The zero-order valence-electron chi connectivity index (χ0n) is 15.3. The standard InChI is InChI=1S/C19H29ClFNO5/c20-14-6-4-13(5-7-14)11-27-12-15(21)3-1-2-8-22-9-16(23)18(25)19(26)17(24)10-22/h4-7,15-19,23-26H,1-3,8-12H2/t15-,16+,17+,18-,19-/m1/s1. The van der Waals surface area contributed by atoms with Crippen molar-refractivity contribution in [1.82, 2.24) is 4.90 Å². The maximum Gasteiger partial charge on any atom is 0.123 e. The van der Waals surface area contributed by atoms with E-state index in [9.17, 15) is 24.8 Å². The molecule has 154 valence electrons. The van der Waals surface area contributed by atoms with Gasteiger partial charge in [0.1, 0.15) is 18.4 Å². The normalized spacial score (nSPS) is 28.1. The summed E-state index contributed by atoms with van der Waals surface area (Å²) in [6.45, 7) is 1.25. The van der Waals surface area contributed by atoms with Gasteiger partial charge in [0.05, 0.1) is 25.4 Å². The van der Waals surface area contributed by atoms with E-state index in [-0.39, 0.29) is 19.7 Å². The van der Waals surface area contributed by atoms with E-state index >= 15 is 0 Å². The summed E-state index contributed by atoms with van der Waals surface area (Å²) in [6.07, 6.45) is -4.33. The van der Waals surface area contributed by atoms with Crippen LogP contribution in [-0.4, -0.2) is 82.2 Å². The van der Waals surface area contributed by atoms with Crippen molar-refractivity contribution in [3.8, 4) is 0 Å². The van der Waals surface area contributed by atoms with Gasteiger partial charge in [0.2, 0.25) is 0 Å². The maximum atomic E-state index is 13.9. The molecule has 2 rings (SSSR count). The molecule has 1 aromatic rings. The highest BCUT2D eigenvalue weighted by molar-refractivity contribution is 6.30. The fourth-order valence-electron chi connectivity index (χ4n) is 3.13. The van der Waals surface area contributed by atoms with Crippen LogP contribution in [0.5, 0.6) is 0 Å². The van der Waals surface area contributed by atoms with E-state index in [1.807, 2.05) is 12.1 Å². The van der Waals surface area contributed by atoms with E-state index in [0.29, 0.717) is 37.4 Å². The van der Waals surface area contributed by atoms with Gasteiger partial charge in [-0.3, -0.25) is 4.90 Å². The molecule has 1 aliphatic rings. The van der Waals surface area contributed by atoms with Gasteiger partial charge in [-0.2, -0.15) is 0 Å². The first-order chi connectivity index (χ1) is 12.9. The minimum atomic E-state index is -1.36. The fourth-order valence-corrected chi connectivity index (χ4v) is 3.25. The first-order valence-corrected chi connectivity index (χ1v) is 9.65. The number of likely N-dealkylation sites (tertiary alicyclic amines) is 1. The molecule has 0 spiro atoms. The molecule has 27 heavy (non-hydrogen) atoms. The van der Waals surface area contributed by atoms with Crippen molar-refractivity contribution in [3.05, 3.63) is 34.9 Å². The summed E-state index contributed by atoms with van der Waals surface area (Å²) >= 11 is 5.81. The molecule has 0 unspecified atom stereocenters. The van der Waals surface area contributed by atoms with Gasteiger partial charge in [-0.1, -0.05) is 23.7 Å². The molecule has 0 bridgehead atoms. The van der Waals surface area contributed by atoms with Crippen LogP contribution in [0.1, 0.15) is 24.8 Å². The molecule has 6 nitrogen and oxygen atoms in total. The smallest absolute Gasteiger partial charge is 0.123 e. The van der Waals surface area contributed by atoms with E-state index in [2.05, 4.69) is 0 Å². The van der Waals surface area contributed by atoms with Crippen LogP contribution in [0.2, 0.25) is 5.02 Å². The van der Waals surface area contributed by atoms with Crippen LogP contribution < -0.4 is 0 Å². The van der Waals surface area contributed by atoms with E-state index in [0.717, 1.165) is 5.56 Å². The third-order valence-corrected chi connectivity index (χ3v) is 5.00. The molecule has 5 atom stereocenters. The average molecular weight is 406 g/mol. The Balaban J connectivity index is 1.59. The van der Waals surface area contributed by atoms with Crippen LogP contribution in [0, 0.1) is 0 Å². The Hall–Kier alpha value is -0.800. The Morgan fingerprint density at radius 3 is 2.22 bits per heavy atom. The zero-order valence-corrected chi connectivity index (χ0v) is 16.0. The Kier molecular flexibility index (Phi) is 9.38.